The van der Waals surface area contributed by atoms with Crippen molar-refractivity contribution in [1.29, 1.82) is 0 Å². The van der Waals surface area contributed by atoms with Crippen LogP contribution in [-0.2, 0) is 9.53 Å². The molecule has 0 bridgehead atoms. The summed E-state index contributed by atoms with van der Waals surface area (Å²) in [5.41, 5.74) is 1.75. The van der Waals surface area contributed by atoms with E-state index in [1.165, 1.54) is 25.7 Å². The zero-order chi connectivity index (χ0) is 13.0. The Morgan fingerprint density at radius 1 is 1.39 bits per heavy atom. The van der Waals surface area contributed by atoms with E-state index in [0.29, 0.717) is 18.2 Å². The van der Waals surface area contributed by atoms with Gasteiger partial charge < -0.3 is 4.74 Å². The second kappa shape index (κ2) is 5.94. The fraction of sp³-hybridized carbons (Fsp3) is 0.643. The summed E-state index contributed by atoms with van der Waals surface area (Å²) in [6, 6.07) is 0. The van der Waals surface area contributed by atoms with Gasteiger partial charge in [0.15, 0.2) is 0 Å². The third-order valence-electron chi connectivity index (χ3n) is 3.55. The van der Waals surface area contributed by atoms with Crippen molar-refractivity contribution in [2.24, 2.45) is 0 Å². The second-order valence-corrected chi connectivity index (χ2v) is 4.82. The molecule has 18 heavy (non-hydrogen) atoms. The number of ether oxygens (including phenoxy) is 1. The largest absolute Gasteiger partial charge is 0.465 e. The SMILES string of the molecule is CCOC(=O)C(C)c1cnc(C2CCCC2)cn1. The van der Waals surface area contributed by atoms with Crippen LogP contribution in [0.4, 0.5) is 0 Å². The Balaban J connectivity index is 2.04. The standard InChI is InChI=1S/C14H20N2O2/c1-3-18-14(17)10(2)12-8-16-13(9-15-12)11-6-4-5-7-11/h8-11H,3-7H2,1-2H3. The lowest BCUT2D eigenvalue weighted by Crippen LogP contribution is -2.15. The Kier molecular flexibility index (Phi) is 4.28. The molecule has 1 atom stereocenters. The Hall–Kier alpha value is -1.45. The van der Waals surface area contributed by atoms with Crippen LogP contribution in [0.3, 0.4) is 0 Å². The number of carbonyl (C=O) groups excluding carboxylic acids is 1. The fourth-order valence-electron chi connectivity index (χ4n) is 2.39. The fourth-order valence-corrected chi connectivity index (χ4v) is 2.39. The lowest BCUT2D eigenvalue weighted by atomic mass is 10.0. The summed E-state index contributed by atoms with van der Waals surface area (Å²) >= 11 is 0. The molecule has 1 saturated carbocycles. The topological polar surface area (TPSA) is 52.1 Å². The zero-order valence-corrected chi connectivity index (χ0v) is 11.1. The maximum atomic E-state index is 11.6. The van der Waals surface area contributed by atoms with Gasteiger partial charge >= 0.3 is 5.97 Å². The van der Waals surface area contributed by atoms with Gasteiger partial charge in [0.2, 0.25) is 0 Å². The molecule has 0 saturated heterocycles. The molecule has 0 amide bonds. The van der Waals surface area contributed by atoms with E-state index >= 15 is 0 Å². The summed E-state index contributed by atoms with van der Waals surface area (Å²) < 4.78 is 4.98. The molecule has 2 rings (SSSR count). The molecule has 0 aliphatic heterocycles. The average molecular weight is 248 g/mol. The Bertz CT molecular complexity index is 397. The van der Waals surface area contributed by atoms with Crippen LogP contribution in [0, 0.1) is 0 Å². The van der Waals surface area contributed by atoms with Gasteiger partial charge in [-0.05, 0) is 26.7 Å². The summed E-state index contributed by atoms with van der Waals surface area (Å²) in [4.78, 5) is 20.4. The molecule has 98 valence electrons. The molecule has 0 spiro atoms. The summed E-state index contributed by atoms with van der Waals surface area (Å²) in [5, 5.41) is 0. The summed E-state index contributed by atoms with van der Waals surface area (Å²) in [6.45, 7) is 4.01. The van der Waals surface area contributed by atoms with Gasteiger partial charge in [-0.15, -0.1) is 0 Å². The molecule has 4 nitrogen and oxygen atoms in total. The predicted molar refractivity (Wildman–Crippen MR) is 68.3 cm³/mol. The monoisotopic (exact) mass is 248 g/mol. The first kappa shape index (κ1) is 13.0. The third kappa shape index (κ3) is 2.86. The van der Waals surface area contributed by atoms with Crippen molar-refractivity contribution in [2.75, 3.05) is 6.61 Å². The van der Waals surface area contributed by atoms with Crippen LogP contribution in [0.15, 0.2) is 12.4 Å². The smallest absolute Gasteiger partial charge is 0.314 e. The van der Waals surface area contributed by atoms with Crippen molar-refractivity contribution in [3.63, 3.8) is 0 Å². The molecule has 1 aromatic rings. The van der Waals surface area contributed by atoms with Crippen LogP contribution in [0.2, 0.25) is 0 Å². The number of esters is 1. The van der Waals surface area contributed by atoms with Crippen molar-refractivity contribution < 1.29 is 9.53 Å². The minimum atomic E-state index is -0.338. The van der Waals surface area contributed by atoms with E-state index in [0.717, 1.165) is 5.69 Å². The maximum Gasteiger partial charge on any atom is 0.314 e. The molecule has 1 aliphatic carbocycles. The first-order chi connectivity index (χ1) is 8.72. The molecular formula is C14H20N2O2. The lowest BCUT2D eigenvalue weighted by molar-refractivity contribution is -0.144. The van der Waals surface area contributed by atoms with Gasteiger partial charge in [0.05, 0.1) is 23.9 Å². The highest BCUT2D eigenvalue weighted by molar-refractivity contribution is 5.76. The Labute approximate surface area is 108 Å². The van der Waals surface area contributed by atoms with Crippen LogP contribution >= 0.6 is 0 Å². The number of hydrogen-bond donors (Lipinski definition) is 0. The molecule has 1 aliphatic rings. The number of rotatable bonds is 4. The first-order valence-electron chi connectivity index (χ1n) is 6.70. The van der Waals surface area contributed by atoms with E-state index in [1.54, 1.807) is 20.0 Å². The van der Waals surface area contributed by atoms with Crippen molar-refractivity contribution in [2.45, 2.75) is 51.4 Å². The summed E-state index contributed by atoms with van der Waals surface area (Å²) in [6.07, 6.45) is 8.53. The summed E-state index contributed by atoms with van der Waals surface area (Å²) in [5.74, 6) is -0.0139. The lowest BCUT2D eigenvalue weighted by Gasteiger charge is -2.11. The average Bonchev–Trinajstić information content (AvgIpc) is 2.92. The number of aromatic nitrogens is 2. The summed E-state index contributed by atoms with van der Waals surface area (Å²) in [7, 11) is 0. The Morgan fingerprint density at radius 3 is 2.67 bits per heavy atom. The zero-order valence-electron chi connectivity index (χ0n) is 11.1. The molecule has 0 aromatic carbocycles. The third-order valence-corrected chi connectivity index (χ3v) is 3.55. The highest BCUT2D eigenvalue weighted by Crippen LogP contribution is 2.32. The van der Waals surface area contributed by atoms with Gasteiger partial charge in [-0.2, -0.15) is 0 Å². The number of nitrogens with zero attached hydrogens (tertiary/aromatic N) is 2. The van der Waals surface area contributed by atoms with Crippen LogP contribution in [0.1, 0.15) is 62.8 Å². The molecule has 1 fully saturated rings. The maximum absolute atomic E-state index is 11.6. The van der Waals surface area contributed by atoms with Gasteiger partial charge in [-0.1, -0.05) is 12.8 Å². The molecule has 4 heteroatoms. The Morgan fingerprint density at radius 2 is 2.11 bits per heavy atom. The van der Waals surface area contributed by atoms with E-state index in [-0.39, 0.29) is 11.9 Å². The van der Waals surface area contributed by atoms with Crippen LogP contribution in [0.5, 0.6) is 0 Å². The number of carbonyl (C=O) groups is 1. The predicted octanol–water partition coefficient (Wildman–Crippen LogP) is 2.80. The van der Waals surface area contributed by atoms with E-state index < -0.39 is 0 Å². The molecule has 1 heterocycles. The van der Waals surface area contributed by atoms with Gasteiger partial charge in [-0.3, -0.25) is 14.8 Å². The van der Waals surface area contributed by atoms with Crippen molar-refractivity contribution in [3.8, 4) is 0 Å². The normalized spacial score (nSPS) is 17.7. The first-order valence-corrected chi connectivity index (χ1v) is 6.70. The highest BCUT2D eigenvalue weighted by atomic mass is 16.5. The minimum absolute atomic E-state index is 0.236. The number of hydrogen-bond acceptors (Lipinski definition) is 4. The molecule has 0 N–H and O–H groups in total. The van der Waals surface area contributed by atoms with Crippen LogP contribution < -0.4 is 0 Å². The van der Waals surface area contributed by atoms with E-state index in [9.17, 15) is 4.79 Å². The van der Waals surface area contributed by atoms with Gasteiger partial charge in [0.1, 0.15) is 0 Å². The van der Waals surface area contributed by atoms with Crippen molar-refractivity contribution in [1.82, 2.24) is 9.97 Å². The molecular weight excluding hydrogens is 228 g/mol. The van der Waals surface area contributed by atoms with Crippen LogP contribution in [-0.4, -0.2) is 22.5 Å². The van der Waals surface area contributed by atoms with Crippen molar-refractivity contribution >= 4 is 5.97 Å². The van der Waals surface area contributed by atoms with Gasteiger partial charge in [0.25, 0.3) is 0 Å². The molecule has 1 aromatic heterocycles. The van der Waals surface area contributed by atoms with Crippen molar-refractivity contribution in [3.05, 3.63) is 23.8 Å². The second-order valence-electron chi connectivity index (χ2n) is 4.82. The highest BCUT2D eigenvalue weighted by Gasteiger charge is 2.21. The van der Waals surface area contributed by atoms with Crippen LogP contribution in [0.25, 0.3) is 0 Å². The minimum Gasteiger partial charge on any atom is -0.465 e. The molecule has 0 radical (unpaired) electrons. The molecule has 1 unspecified atom stereocenters. The quantitative estimate of drug-likeness (QED) is 0.769. The van der Waals surface area contributed by atoms with E-state index in [4.69, 9.17) is 4.74 Å². The van der Waals surface area contributed by atoms with Gasteiger partial charge in [-0.25, -0.2) is 0 Å². The van der Waals surface area contributed by atoms with Gasteiger partial charge in [0, 0.05) is 18.3 Å². The van der Waals surface area contributed by atoms with E-state index in [2.05, 4.69) is 9.97 Å². The van der Waals surface area contributed by atoms with E-state index in [1.807, 2.05) is 6.20 Å².